The van der Waals surface area contributed by atoms with Gasteiger partial charge in [-0.2, -0.15) is 0 Å². The summed E-state index contributed by atoms with van der Waals surface area (Å²) in [7, 11) is 0. The molecule has 0 saturated carbocycles. The van der Waals surface area contributed by atoms with Gasteiger partial charge in [0.2, 0.25) is 0 Å². The van der Waals surface area contributed by atoms with Gasteiger partial charge in [-0.3, -0.25) is 4.79 Å². The van der Waals surface area contributed by atoms with Crippen LogP contribution in [0.25, 0.3) is 0 Å². The Morgan fingerprint density at radius 3 is 2.69 bits per heavy atom. The fourth-order valence-corrected chi connectivity index (χ4v) is 2.22. The van der Waals surface area contributed by atoms with E-state index in [1.165, 1.54) is 0 Å². The van der Waals surface area contributed by atoms with E-state index in [9.17, 15) is 4.79 Å². The molecule has 0 radical (unpaired) electrons. The fraction of sp³-hybridized carbons (Fsp3) is 0.538. The van der Waals surface area contributed by atoms with Gasteiger partial charge in [0.1, 0.15) is 5.01 Å². The van der Waals surface area contributed by atoms with Crippen LogP contribution in [-0.2, 0) is 16.6 Å². The van der Waals surface area contributed by atoms with E-state index in [1.54, 1.807) is 17.4 Å². The number of nitrogens with zero attached hydrogens (tertiary/aromatic N) is 1. The first-order chi connectivity index (χ1) is 7.43. The van der Waals surface area contributed by atoms with Crippen molar-refractivity contribution in [3.8, 4) is 0 Å². The largest absolute Gasteiger partial charge is 0.294 e. The summed E-state index contributed by atoms with van der Waals surface area (Å²) in [5.74, 6) is 0.136. The van der Waals surface area contributed by atoms with Crippen molar-refractivity contribution in [1.82, 2.24) is 4.98 Å². The van der Waals surface area contributed by atoms with Crippen LogP contribution in [0.4, 0.5) is 0 Å². The Labute approximate surface area is 101 Å². The molecule has 0 aromatic carbocycles. The van der Waals surface area contributed by atoms with E-state index in [1.807, 2.05) is 18.4 Å². The molecule has 2 nitrogen and oxygen atoms in total. The maximum Gasteiger partial charge on any atom is 0.162 e. The molecule has 3 heteroatoms. The van der Waals surface area contributed by atoms with Crippen molar-refractivity contribution >= 4 is 17.1 Å². The quantitative estimate of drug-likeness (QED) is 0.750. The highest BCUT2D eigenvalue weighted by molar-refractivity contribution is 7.09. The molecule has 0 spiro atoms. The first-order valence-electron chi connectivity index (χ1n) is 5.57. The third-order valence-corrected chi connectivity index (χ3v) is 3.03. The summed E-state index contributed by atoms with van der Waals surface area (Å²) < 4.78 is 0. The molecule has 0 aliphatic rings. The van der Waals surface area contributed by atoms with Crippen molar-refractivity contribution in [3.05, 3.63) is 28.2 Å². The molecule has 1 aromatic rings. The molecular weight excluding hydrogens is 218 g/mol. The first kappa shape index (κ1) is 13.1. The second-order valence-corrected chi connectivity index (χ2v) is 5.77. The van der Waals surface area contributed by atoms with E-state index in [4.69, 9.17) is 0 Å². The number of hydrogen-bond acceptors (Lipinski definition) is 3. The molecule has 1 rings (SSSR count). The molecule has 1 aromatic heterocycles. The summed E-state index contributed by atoms with van der Waals surface area (Å²) >= 11 is 1.57. The van der Waals surface area contributed by atoms with Crippen molar-refractivity contribution in [2.75, 3.05) is 0 Å². The monoisotopic (exact) mass is 237 g/mol. The Bertz CT molecular complexity index is 385. The molecule has 0 bridgehead atoms. The van der Waals surface area contributed by atoms with Crippen molar-refractivity contribution in [1.29, 1.82) is 0 Å². The van der Waals surface area contributed by atoms with Crippen molar-refractivity contribution in [3.63, 3.8) is 0 Å². The van der Waals surface area contributed by atoms with Gasteiger partial charge in [-0.15, -0.1) is 11.3 Å². The lowest BCUT2D eigenvalue weighted by Gasteiger charge is -2.14. The summed E-state index contributed by atoms with van der Waals surface area (Å²) in [5.41, 5.74) is 1.14. The highest BCUT2D eigenvalue weighted by Crippen LogP contribution is 2.24. The number of aromatic nitrogens is 1. The SMILES string of the molecule is CC/C=C/C(=O)Cc1nc(C(C)(C)C)cs1. The highest BCUT2D eigenvalue weighted by atomic mass is 32.1. The van der Waals surface area contributed by atoms with Gasteiger partial charge >= 0.3 is 0 Å². The molecule has 0 fully saturated rings. The minimum atomic E-state index is 0.0665. The summed E-state index contributed by atoms with van der Waals surface area (Å²) in [5, 5.41) is 2.96. The lowest BCUT2D eigenvalue weighted by Crippen LogP contribution is -2.11. The number of thiazole rings is 1. The standard InChI is InChI=1S/C13H19NOS/c1-5-6-7-10(15)8-12-14-11(9-16-12)13(2,3)4/h6-7,9H,5,8H2,1-4H3/b7-6+. The van der Waals surface area contributed by atoms with Gasteiger partial charge in [0.15, 0.2) is 5.78 Å². The minimum Gasteiger partial charge on any atom is -0.294 e. The smallest absolute Gasteiger partial charge is 0.162 e. The maximum absolute atomic E-state index is 11.5. The maximum atomic E-state index is 11.5. The average Bonchev–Trinajstić information content (AvgIpc) is 2.62. The molecule has 0 N–H and O–H groups in total. The van der Waals surface area contributed by atoms with Crippen LogP contribution in [0.3, 0.4) is 0 Å². The number of hydrogen-bond donors (Lipinski definition) is 0. The van der Waals surface area contributed by atoms with Crippen LogP contribution in [0.1, 0.15) is 44.8 Å². The molecule has 0 aliphatic heterocycles. The van der Waals surface area contributed by atoms with Crippen LogP contribution in [0.5, 0.6) is 0 Å². The molecule has 0 saturated heterocycles. The fourth-order valence-electron chi connectivity index (χ4n) is 1.19. The number of carbonyl (C=O) groups is 1. The molecule has 1 heterocycles. The Morgan fingerprint density at radius 2 is 2.19 bits per heavy atom. The van der Waals surface area contributed by atoms with Crippen LogP contribution in [-0.4, -0.2) is 10.8 Å². The van der Waals surface area contributed by atoms with Gasteiger partial charge < -0.3 is 0 Å². The second kappa shape index (κ2) is 5.39. The van der Waals surface area contributed by atoms with Crippen LogP contribution >= 0.6 is 11.3 Å². The van der Waals surface area contributed by atoms with Gasteiger partial charge in [-0.25, -0.2) is 4.98 Å². The predicted octanol–water partition coefficient (Wildman–Crippen LogP) is 3.52. The van der Waals surface area contributed by atoms with E-state index in [2.05, 4.69) is 25.8 Å². The van der Waals surface area contributed by atoms with Gasteiger partial charge in [0, 0.05) is 10.8 Å². The van der Waals surface area contributed by atoms with Crippen LogP contribution in [0.15, 0.2) is 17.5 Å². The first-order valence-corrected chi connectivity index (χ1v) is 6.45. The minimum absolute atomic E-state index is 0.0665. The van der Waals surface area contributed by atoms with E-state index in [-0.39, 0.29) is 11.2 Å². The topological polar surface area (TPSA) is 30.0 Å². The third kappa shape index (κ3) is 3.89. The highest BCUT2D eigenvalue weighted by Gasteiger charge is 2.17. The van der Waals surface area contributed by atoms with Gasteiger partial charge in [-0.1, -0.05) is 33.8 Å². The molecule has 0 unspecified atom stereocenters. The summed E-state index contributed by atoms with van der Waals surface area (Å²) in [4.78, 5) is 16.0. The Balaban J connectivity index is 2.66. The zero-order valence-electron chi connectivity index (χ0n) is 10.4. The second-order valence-electron chi connectivity index (χ2n) is 4.83. The summed E-state index contributed by atoms with van der Waals surface area (Å²) in [6.45, 7) is 8.41. The zero-order chi connectivity index (χ0) is 12.2. The van der Waals surface area contributed by atoms with E-state index in [0.717, 1.165) is 17.1 Å². The van der Waals surface area contributed by atoms with Crippen LogP contribution in [0, 0.1) is 0 Å². The molecule has 0 amide bonds. The Hall–Kier alpha value is -0.960. The number of carbonyl (C=O) groups excluding carboxylic acids is 1. The van der Waals surface area contributed by atoms with Crippen LogP contribution < -0.4 is 0 Å². The normalized spacial score (nSPS) is 12.2. The Kier molecular flexibility index (Phi) is 4.42. The predicted molar refractivity (Wildman–Crippen MR) is 69.0 cm³/mol. The molecule has 0 aliphatic carbocycles. The lowest BCUT2D eigenvalue weighted by molar-refractivity contribution is -0.114. The lowest BCUT2D eigenvalue weighted by atomic mass is 9.93. The van der Waals surface area contributed by atoms with E-state index >= 15 is 0 Å². The molecular formula is C13H19NOS. The number of allylic oxidation sites excluding steroid dienone is 2. The van der Waals surface area contributed by atoms with Crippen molar-refractivity contribution in [2.24, 2.45) is 0 Å². The molecule has 16 heavy (non-hydrogen) atoms. The number of rotatable bonds is 4. The van der Waals surface area contributed by atoms with Gasteiger partial charge in [-0.05, 0) is 12.5 Å². The van der Waals surface area contributed by atoms with Crippen molar-refractivity contribution in [2.45, 2.75) is 46.0 Å². The number of ketones is 1. The third-order valence-electron chi connectivity index (χ3n) is 2.19. The summed E-state index contributed by atoms with van der Waals surface area (Å²) in [6, 6.07) is 0. The molecule has 88 valence electrons. The average molecular weight is 237 g/mol. The zero-order valence-corrected chi connectivity index (χ0v) is 11.2. The summed E-state index contributed by atoms with van der Waals surface area (Å²) in [6.07, 6.45) is 4.87. The van der Waals surface area contributed by atoms with Gasteiger partial charge in [0.25, 0.3) is 0 Å². The van der Waals surface area contributed by atoms with Crippen LogP contribution in [0.2, 0.25) is 0 Å². The van der Waals surface area contributed by atoms with E-state index < -0.39 is 0 Å². The molecule has 0 atom stereocenters. The van der Waals surface area contributed by atoms with E-state index in [0.29, 0.717) is 6.42 Å². The van der Waals surface area contributed by atoms with Crippen molar-refractivity contribution < 1.29 is 4.79 Å². The Morgan fingerprint density at radius 1 is 1.50 bits per heavy atom. The van der Waals surface area contributed by atoms with Gasteiger partial charge in [0.05, 0.1) is 12.1 Å².